The number of allylic oxidation sites excluding steroid dienone is 2. The van der Waals surface area contributed by atoms with Crippen LogP contribution in [0.1, 0.15) is 186 Å². The van der Waals surface area contributed by atoms with Crippen LogP contribution in [0.4, 0.5) is 0 Å². The Balaban J connectivity index is 1.84. The Labute approximate surface area is 277 Å². The Bertz CT molecular complexity index is 679. The highest BCUT2D eigenvalue weighted by molar-refractivity contribution is 5.89. The van der Waals surface area contributed by atoms with Crippen molar-refractivity contribution in [1.82, 2.24) is 10.6 Å². The van der Waals surface area contributed by atoms with E-state index in [0.29, 0.717) is 13.2 Å². The lowest BCUT2D eigenvalue weighted by atomic mass is 10.0. The van der Waals surface area contributed by atoms with Crippen molar-refractivity contribution in [2.45, 2.75) is 198 Å². The fourth-order valence-electron chi connectivity index (χ4n) is 5.99. The lowest BCUT2D eigenvalue weighted by Gasteiger charge is -2.03. The van der Waals surface area contributed by atoms with Crippen molar-refractivity contribution in [2.24, 2.45) is 0 Å². The summed E-state index contributed by atoms with van der Waals surface area (Å²) in [4.78, 5) is 24.3. The molecule has 4 N–H and O–H groups in total. The second-order valence-corrected chi connectivity index (χ2v) is 13.5. The van der Waals surface area contributed by atoms with E-state index < -0.39 is 0 Å². The first kappa shape index (κ1) is 41.4. The van der Waals surface area contributed by atoms with Crippen LogP contribution < -0.4 is 10.6 Å². The van der Waals surface area contributed by atoms with E-state index in [2.05, 4.69) is 10.6 Å². The predicted octanol–water partition coefficient (Wildman–Crippen LogP) is 9.38. The van der Waals surface area contributed by atoms with Crippen molar-refractivity contribution in [3.63, 3.8) is 0 Å². The van der Waals surface area contributed by atoms with Gasteiger partial charge in [-0.25, -0.2) is 0 Å². The Hall–Kier alpha value is -1.66. The van der Waals surface area contributed by atoms with E-state index in [1.807, 2.05) is 12.2 Å². The topological polar surface area (TPSA) is 98.7 Å². The highest BCUT2D eigenvalue weighted by Crippen LogP contribution is 2.21. The summed E-state index contributed by atoms with van der Waals surface area (Å²) in [6.45, 7) is 0.675. The minimum Gasteiger partial charge on any atom is -0.396 e. The number of rotatable bonds is 34. The van der Waals surface area contributed by atoms with E-state index in [-0.39, 0.29) is 23.9 Å². The molecule has 1 aliphatic carbocycles. The molecule has 6 nitrogen and oxygen atoms in total. The molecular weight excluding hydrogens is 560 g/mol. The smallest absolute Gasteiger partial charge is 0.243 e. The zero-order valence-corrected chi connectivity index (χ0v) is 29.1. The van der Waals surface area contributed by atoms with Crippen molar-refractivity contribution in [2.75, 3.05) is 13.2 Å². The number of unbranched alkanes of at least 4 members (excludes halogenated alkanes) is 26. The molecule has 1 rings (SSSR count). The monoisotopic (exact) mass is 633 g/mol. The highest BCUT2D eigenvalue weighted by Gasteiger charge is 2.38. The summed E-state index contributed by atoms with van der Waals surface area (Å²) in [5, 5.41) is 23.6. The fourth-order valence-corrected chi connectivity index (χ4v) is 5.99. The molecule has 0 spiro atoms. The normalized spacial score (nSPS) is 16.1. The third-order valence-electron chi connectivity index (χ3n) is 9.04. The molecule has 0 aliphatic heterocycles. The maximum atomic E-state index is 12.2. The summed E-state index contributed by atoms with van der Waals surface area (Å²) < 4.78 is 0. The van der Waals surface area contributed by atoms with Crippen LogP contribution in [0, 0.1) is 0 Å². The van der Waals surface area contributed by atoms with Gasteiger partial charge >= 0.3 is 0 Å². The minimum absolute atomic E-state index is 0.0500. The molecule has 0 aromatic heterocycles. The van der Waals surface area contributed by atoms with Crippen LogP contribution >= 0.6 is 0 Å². The van der Waals surface area contributed by atoms with E-state index in [1.165, 1.54) is 141 Å². The van der Waals surface area contributed by atoms with Crippen LogP contribution in [-0.4, -0.2) is 47.3 Å². The van der Waals surface area contributed by atoms with Gasteiger partial charge in [0.05, 0.1) is 12.1 Å². The predicted molar refractivity (Wildman–Crippen MR) is 190 cm³/mol. The standard InChI is InChI=1S/C39H72N2O4/c42-33-29-25-21-17-13-9-5-1-3-7-11-15-19-23-27-31-38(44)40-36-35-37(36)41-39(45)32-28-24-20-16-12-8-4-2-6-10-14-18-22-26-30-34-43/h27-28,31-32,36-37,42-43H,1-26,29-30,33-35H2,(H,40,44)(H,41,45)/b31-27+,32-28+/t36-,37+. The third-order valence-corrected chi connectivity index (χ3v) is 9.04. The van der Waals surface area contributed by atoms with Gasteiger partial charge in [0.1, 0.15) is 0 Å². The van der Waals surface area contributed by atoms with E-state index in [4.69, 9.17) is 10.2 Å². The molecule has 2 atom stereocenters. The van der Waals surface area contributed by atoms with Crippen LogP contribution in [0.25, 0.3) is 0 Å². The molecule has 1 fully saturated rings. The van der Waals surface area contributed by atoms with E-state index in [0.717, 1.165) is 44.9 Å². The molecule has 0 aromatic carbocycles. The SMILES string of the molecule is O=C(/C=C/CCCCCCCCCCCCCCCO)N[C@H]1C[C@H]1NC(=O)/C=C/CCCCCCCCCCCCCCCO. The summed E-state index contributed by atoms with van der Waals surface area (Å²) in [6.07, 6.45) is 42.9. The Morgan fingerprint density at radius 3 is 0.933 bits per heavy atom. The van der Waals surface area contributed by atoms with Crippen molar-refractivity contribution in [3.05, 3.63) is 24.3 Å². The molecule has 45 heavy (non-hydrogen) atoms. The molecule has 0 saturated heterocycles. The second kappa shape index (κ2) is 32.3. The van der Waals surface area contributed by atoms with Gasteiger partial charge in [-0.3, -0.25) is 9.59 Å². The molecule has 2 amide bonds. The van der Waals surface area contributed by atoms with Gasteiger partial charge in [0.25, 0.3) is 0 Å². The second-order valence-electron chi connectivity index (χ2n) is 13.5. The maximum Gasteiger partial charge on any atom is 0.243 e. The van der Waals surface area contributed by atoms with Gasteiger partial charge in [-0.05, 0) is 57.1 Å². The number of carbonyl (C=O) groups is 2. The molecule has 0 radical (unpaired) electrons. The first-order valence-electron chi connectivity index (χ1n) is 19.3. The molecule has 0 aromatic rings. The van der Waals surface area contributed by atoms with Crippen LogP contribution in [0.15, 0.2) is 24.3 Å². The van der Waals surface area contributed by atoms with Gasteiger partial charge in [0, 0.05) is 13.2 Å². The van der Waals surface area contributed by atoms with Gasteiger partial charge in [-0.1, -0.05) is 153 Å². The average molecular weight is 633 g/mol. The largest absolute Gasteiger partial charge is 0.396 e. The summed E-state index contributed by atoms with van der Waals surface area (Å²) >= 11 is 0. The summed E-state index contributed by atoms with van der Waals surface area (Å²) in [5.41, 5.74) is 0. The molecular formula is C39H72N2O4. The number of amides is 2. The van der Waals surface area contributed by atoms with Crippen LogP contribution in [0.2, 0.25) is 0 Å². The van der Waals surface area contributed by atoms with Crippen molar-refractivity contribution >= 4 is 11.8 Å². The third kappa shape index (κ3) is 29.5. The lowest BCUT2D eigenvalue weighted by Crippen LogP contribution is -2.33. The number of nitrogens with one attached hydrogen (secondary N) is 2. The first-order chi connectivity index (χ1) is 22.2. The number of hydrogen-bond donors (Lipinski definition) is 4. The van der Waals surface area contributed by atoms with Gasteiger partial charge in [-0.2, -0.15) is 0 Å². The van der Waals surface area contributed by atoms with Crippen LogP contribution in [-0.2, 0) is 9.59 Å². The van der Waals surface area contributed by atoms with Crippen molar-refractivity contribution < 1.29 is 19.8 Å². The van der Waals surface area contributed by atoms with Gasteiger partial charge in [0.15, 0.2) is 0 Å². The van der Waals surface area contributed by atoms with Crippen molar-refractivity contribution in [1.29, 1.82) is 0 Å². The van der Waals surface area contributed by atoms with Gasteiger partial charge in [-0.15, -0.1) is 0 Å². The zero-order valence-electron chi connectivity index (χ0n) is 29.1. The molecule has 6 heteroatoms. The number of hydrogen-bond acceptors (Lipinski definition) is 4. The molecule has 262 valence electrons. The average Bonchev–Trinajstić information content (AvgIpc) is 3.76. The number of aliphatic hydroxyl groups excluding tert-OH is 2. The van der Waals surface area contributed by atoms with Crippen LogP contribution in [0.3, 0.4) is 0 Å². The van der Waals surface area contributed by atoms with Gasteiger partial charge < -0.3 is 20.8 Å². The summed E-state index contributed by atoms with van der Waals surface area (Å²) in [6, 6.07) is 0.116. The molecule has 0 bridgehead atoms. The Morgan fingerprint density at radius 1 is 0.422 bits per heavy atom. The highest BCUT2D eigenvalue weighted by atomic mass is 16.3. The van der Waals surface area contributed by atoms with Crippen LogP contribution in [0.5, 0.6) is 0 Å². The molecule has 0 heterocycles. The lowest BCUT2D eigenvalue weighted by molar-refractivity contribution is -0.118. The Kier molecular flexibility index (Phi) is 29.7. The fraction of sp³-hybridized carbons (Fsp3) is 0.846. The summed E-state index contributed by atoms with van der Waals surface area (Å²) in [5.74, 6) is -0.100. The summed E-state index contributed by atoms with van der Waals surface area (Å²) in [7, 11) is 0. The zero-order chi connectivity index (χ0) is 32.5. The van der Waals surface area contributed by atoms with E-state index >= 15 is 0 Å². The molecule has 1 aliphatic rings. The number of aliphatic hydroxyl groups is 2. The van der Waals surface area contributed by atoms with Crippen molar-refractivity contribution in [3.8, 4) is 0 Å². The van der Waals surface area contributed by atoms with E-state index in [9.17, 15) is 9.59 Å². The van der Waals surface area contributed by atoms with E-state index in [1.54, 1.807) is 12.2 Å². The minimum atomic E-state index is -0.0500. The maximum absolute atomic E-state index is 12.2. The van der Waals surface area contributed by atoms with Gasteiger partial charge in [0.2, 0.25) is 11.8 Å². The number of carbonyl (C=O) groups excluding carboxylic acids is 2. The molecule has 1 saturated carbocycles. The molecule has 0 unspecified atom stereocenters. The first-order valence-corrected chi connectivity index (χ1v) is 19.3. The quantitative estimate of drug-likeness (QED) is 0.0420. The Morgan fingerprint density at radius 2 is 0.667 bits per heavy atom.